The number of hydrogen-bond acceptors (Lipinski definition) is 3. The molecule has 0 saturated carbocycles. The highest BCUT2D eigenvalue weighted by Gasteiger charge is 2.07. The highest BCUT2D eigenvalue weighted by Crippen LogP contribution is 2.16. The number of ether oxygens (including phenoxy) is 1. The van der Waals surface area contributed by atoms with Crippen molar-refractivity contribution in [2.45, 2.75) is 46.4 Å². The lowest BCUT2D eigenvalue weighted by molar-refractivity contribution is 0.0401. The van der Waals surface area contributed by atoms with E-state index in [1.165, 1.54) is 5.56 Å². The Balaban J connectivity index is 2.51. The summed E-state index contributed by atoms with van der Waals surface area (Å²) in [7, 11) is 1.91. The normalized spacial score (nSPS) is 13.1. The zero-order valence-corrected chi connectivity index (χ0v) is 10.1. The highest BCUT2D eigenvalue weighted by atomic mass is 16.5. The molecule has 86 valence electrons. The summed E-state index contributed by atoms with van der Waals surface area (Å²) in [5, 5.41) is 3.08. The first-order valence-corrected chi connectivity index (χ1v) is 5.51. The van der Waals surface area contributed by atoms with Gasteiger partial charge in [0.05, 0.1) is 12.6 Å². The Hall–Kier alpha value is -0.800. The van der Waals surface area contributed by atoms with Crippen molar-refractivity contribution in [3.8, 4) is 0 Å². The van der Waals surface area contributed by atoms with Crippen molar-refractivity contribution in [2.24, 2.45) is 0 Å². The van der Waals surface area contributed by atoms with E-state index in [2.05, 4.69) is 32.2 Å². The van der Waals surface area contributed by atoms with Gasteiger partial charge in [-0.05, 0) is 38.9 Å². The second-order valence-corrected chi connectivity index (χ2v) is 3.88. The van der Waals surface area contributed by atoms with Gasteiger partial charge in [-0.3, -0.25) is 0 Å². The van der Waals surface area contributed by atoms with Crippen LogP contribution in [0.15, 0.2) is 10.5 Å². The molecule has 1 aromatic rings. The number of nitrogens with one attached hydrogen (secondary N) is 1. The molecule has 0 aliphatic rings. The predicted molar refractivity (Wildman–Crippen MR) is 60.8 cm³/mol. The van der Waals surface area contributed by atoms with Crippen LogP contribution in [0.3, 0.4) is 0 Å². The average molecular weight is 211 g/mol. The molecule has 0 amide bonds. The van der Waals surface area contributed by atoms with E-state index in [1.54, 1.807) is 0 Å². The van der Waals surface area contributed by atoms with E-state index in [4.69, 9.17) is 9.15 Å². The van der Waals surface area contributed by atoms with Gasteiger partial charge in [0, 0.05) is 0 Å². The number of aryl methyl sites for hydroxylation is 1. The van der Waals surface area contributed by atoms with Crippen LogP contribution in [0.2, 0.25) is 0 Å². The largest absolute Gasteiger partial charge is 0.462 e. The van der Waals surface area contributed by atoms with E-state index < -0.39 is 0 Å². The first-order valence-electron chi connectivity index (χ1n) is 5.51. The van der Waals surface area contributed by atoms with Crippen molar-refractivity contribution in [1.82, 2.24) is 5.32 Å². The van der Waals surface area contributed by atoms with Crippen molar-refractivity contribution in [1.29, 1.82) is 0 Å². The second-order valence-electron chi connectivity index (χ2n) is 3.88. The zero-order chi connectivity index (χ0) is 11.3. The lowest BCUT2D eigenvalue weighted by Gasteiger charge is -2.08. The molecule has 15 heavy (non-hydrogen) atoms. The van der Waals surface area contributed by atoms with Gasteiger partial charge in [0.2, 0.25) is 0 Å². The van der Waals surface area contributed by atoms with Crippen molar-refractivity contribution < 1.29 is 9.15 Å². The van der Waals surface area contributed by atoms with Crippen molar-refractivity contribution in [3.63, 3.8) is 0 Å². The lowest BCUT2D eigenvalue weighted by atomic mass is 10.2. The van der Waals surface area contributed by atoms with Crippen molar-refractivity contribution in [2.75, 3.05) is 7.05 Å². The molecule has 3 heteroatoms. The SMILES string of the molecule is CCC(C)OCc1cc(C)c(CNC)o1. The molecule has 0 saturated heterocycles. The maximum absolute atomic E-state index is 5.66. The van der Waals surface area contributed by atoms with Crippen LogP contribution < -0.4 is 5.32 Å². The number of furan rings is 1. The van der Waals surface area contributed by atoms with Crippen LogP contribution in [0, 0.1) is 6.92 Å². The molecule has 0 fully saturated rings. The molecule has 0 aromatic carbocycles. The fourth-order valence-corrected chi connectivity index (χ4v) is 1.34. The third-order valence-corrected chi connectivity index (χ3v) is 2.49. The fraction of sp³-hybridized carbons (Fsp3) is 0.667. The van der Waals surface area contributed by atoms with Crippen molar-refractivity contribution >= 4 is 0 Å². The van der Waals surface area contributed by atoms with Gasteiger partial charge in [0.25, 0.3) is 0 Å². The molecule has 0 aliphatic carbocycles. The Bertz CT molecular complexity index is 294. The average Bonchev–Trinajstić information content (AvgIpc) is 2.57. The summed E-state index contributed by atoms with van der Waals surface area (Å²) in [5.74, 6) is 1.92. The summed E-state index contributed by atoms with van der Waals surface area (Å²) in [6.07, 6.45) is 1.33. The maximum Gasteiger partial charge on any atom is 0.130 e. The van der Waals surface area contributed by atoms with Gasteiger partial charge >= 0.3 is 0 Å². The standard InChI is InChI=1S/C12H21NO2/c1-5-10(3)14-8-11-6-9(2)12(15-11)7-13-4/h6,10,13H,5,7-8H2,1-4H3. The molecule has 3 nitrogen and oxygen atoms in total. The van der Waals surface area contributed by atoms with E-state index in [0.717, 1.165) is 24.5 Å². The molecule has 1 rings (SSSR count). The molecule has 1 N–H and O–H groups in total. The Morgan fingerprint density at radius 2 is 2.27 bits per heavy atom. The fourth-order valence-electron chi connectivity index (χ4n) is 1.34. The maximum atomic E-state index is 5.66. The monoisotopic (exact) mass is 211 g/mol. The minimum atomic E-state index is 0.295. The number of hydrogen-bond donors (Lipinski definition) is 1. The molecule has 1 aromatic heterocycles. The van der Waals surface area contributed by atoms with Crippen LogP contribution >= 0.6 is 0 Å². The molecule has 0 bridgehead atoms. The van der Waals surface area contributed by atoms with Gasteiger partial charge in [-0.25, -0.2) is 0 Å². The second kappa shape index (κ2) is 5.93. The third kappa shape index (κ3) is 3.68. The smallest absolute Gasteiger partial charge is 0.130 e. The summed E-state index contributed by atoms with van der Waals surface area (Å²) in [6.45, 7) is 7.59. The van der Waals surface area contributed by atoms with Gasteiger partial charge < -0.3 is 14.5 Å². The van der Waals surface area contributed by atoms with Gasteiger partial charge in [-0.1, -0.05) is 6.92 Å². The summed E-state index contributed by atoms with van der Waals surface area (Å²) in [6, 6.07) is 2.05. The van der Waals surface area contributed by atoms with E-state index in [1.807, 2.05) is 7.05 Å². The van der Waals surface area contributed by atoms with E-state index in [9.17, 15) is 0 Å². The Morgan fingerprint density at radius 3 is 2.87 bits per heavy atom. The molecule has 0 spiro atoms. The summed E-state index contributed by atoms with van der Waals surface area (Å²) in [4.78, 5) is 0. The topological polar surface area (TPSA) is 34.4 Å². The first-order chi connectivity index (χ1) is 7.17. The Morgan fingerprint density at radius 1 is 1.53 bits per heavy atom. The molecule has 0 aliphatic heterocycles. The first kappa shape index (κ1) is 12.3. The van der Waals surface area contributed by atoms with Gasteiger partial charge in [-0.2, -0.15) is 0 Å². The lowest BCUT2D eigenvalue weighted by Crippen LogP contribution is -2.06. The van der Waals surface area contributed by atoms with Gasteiger partial charge in [0.1, 0.15) is 18.1 Å². The molecule has 1 unspecified atom stereocenters. The Labute approximate surface area is 91.8 Å². The molecular formula is C12H21NO2. The van der Waals surface area contributed by atoms with Crippen molar-refractivity contribution in [3.05, 3.63) is 23.2 Å². The minimum Gasteiger partial charge on any atom is -0.462 e. The molecular weight excluding hydrogens is 190 g/mol. The van der Waals surface area contributed by atoms with E-state index >= 15 is 0 Å². The molecule has 0 radical (unpaired) electrons. The third-order valence-electron chi connectivity index (χ3n) is 2.49. The van der Waals surface area contributed by atoms with Crippen LogP contribution in [0.4, 0.5) is 0 Å². The Kier molecular flexibility index (Phi) is 4.85. The van der Waals surface area contributed by atoms with Gasteiger partial charge in [-0.15, -0.1) is 0 Å². The highest BCUT2D eigenvalue weighted by molar-refractivity contribution is 5.19. The molecule has 1 atom stereocenters. The van der Waals surface area contributed by atoms with Crippen LogP contribution in [-0.4, -0.2) is 13.2 Å². The molecule has 1 heterocycles. The number of rotatable bonds is 6. The minimum absolute atomic E-state index is 0.295. The van der Waals surface area contributed by atoms with Crippen LogP contribution in [-0.2, 0) is 17.9 Å². The predicted octanol–water partition coefficient (Wildman–Crippen LogP) is 2.62. The summed E-state index contributed by atoms with van der Waals surface area (Å²) in [5.41, 5.74) is 1.19. The summed E-state index contributed by atoms with van der Waals surface area (Å²) < 4.78 is 11.3. The van der Waals surface area contributed by atoms with Crippen LogP contribution in [0.5, 0.6) is 0 Å². The van der Waals surface area contributed by atoms with E-state index in [-0.39, 0.29) is 0 Å². The quantitative estimate of drug-likeness (QED) is 0.785. The van der Waals surface area contributed by atoms with E-state index in [0.29, 0.717) is 12.7 Å². The van der Waals surface area contributed by atoms with Gasteiger partial charge in [0.15, 0.2) is 0 Å². The van der Waals surface area contributed by atoms with Crippen LogP contribution in [0.25, 0.3) is 0 Å². The summed E-state index contributed by atoms with van der Waals surface area (Å²) >= 11 is 0. The zero-order valence-electron chi connectivity index (χ0n) is 10.1. The van der Waals surface area contributed by atoms with Crippen LogP contribution in [0.1, 0.15) is 37.4 Å².